The van der Waals surface area contributed by atoms with Crippen LogP contribution in [0.4, 0.5) is 0 Å². The molecule has 2 aromatic rings. The van der Waals surface area contributed by atoms with Gasteiger partial charge in [0.05, 0.1) is 13.2 Å². The number of rotatable bonds is 2. The van der Waals surface area contributed by atoms with E-state index in [9.17, 15) is 5.11 Å². The van der Waals surface area contributed by atoms with Crippen LogP contribution in [0.15, 0.2) is 36.4 Å². The van der Waals surface area contributed by atoms with E-state index in [1.165, 1.54) is 7.11 Å². The molecule has 0 aliphatic rings. The van der Waals surface area contributed by atoms with E-state index in [1.54, 1.807) is 6.07 Å². The number of aliphatic hydroxyl groups excluding tert-OH is 1. The Kier molecular flexibility index (Phi) is 2.76. The molecule has 0 aliphatic heterocycles. The molecule has 0 bridgehead atoms. The van der Waals surface area contributed by atoms with Gasteiger partial charge in [-0.25, -0.2) is 0 Å². The second-order valence-corrected chi connectivity index (χ2v) is 3.43. The molecule has 1 N–H and O–H groups in total. The van der Waals surface area contributed by atoms with Gasteiger partial charge in [0.15, 0.2) is 6.10 Å². The fraction of sp³-hybridized carbons (Fsp3) is 0.154. The number of nitriles is 1. The first kappa shape index (κ1) is 10.5. The Morgan fingerprint density at radius 3 is 2.69 bits per heavy atom. The van der Waals surface area contributed by atoms with Gasteiger partial charge in [0.2, 0.25) is 0 Å². The Labute approximate surface area is 93.5 Å². The Balaban J connectivity index is 2.79. The van der Waals surface area contributed by atoms with Gasteiger partial charge in [-0.2, -0.15) is 5.26 Å². The van der Waals surface area contributed by atoms with E-state index in [-0.39, 0.29) is 0 Å². The minimum absolute atomic E-state index is 0.531. The molecule has 0 amide bonds. The number of aliphatic hydroxyl groups is 1. The summed E-state index contributed by atoms with van der Waals surface area (Å²) >= 11 is 0. The Morgan fingerprint density at radius 2 is 2.00 bits per heavy atom. The lowest BCUT2D eigenvalue weighted by atomic mass is 10.00. The van der Waals surface area contributed by atoms with Gasteiger partial charge in [0.1, 0.15) is 5.75 Å². The molecule has 0 aliphatic carbocycles. The number of ether oxygens (including phenoxy) is 1. The summed E-state index contributed by atoms with van der Waals surface area (Å²) in [6, 6.07) is 13.1. The predicted molar refractivity (Wildman–Crippen MR) is 61.1 cm³/mol. The van der Waals surface area contributed by atoms with E-state index >= 15 is 0 Å². The first-order valence-electron chi connectivity index (χ1n) is 4.91. The molecule has 2 aromatic carbocycles. The van der Waals surface area contributed by atoms with Gasteiger partial charge in [-0.1, -0.05) is 30.3 Å². The van der Waals surface area contributed by atoms with Crippen molar-refractivity contribution >= 4 is 10.8 Å². The van der Waals surface area contributed by atoms with E-state index in [0.29, 0.717) is 11.3 Å². The number of hydrogen-bond donors (Lipinski definition) is 1. The average Bonchev–Trinajstić information content (AvgIpc) is 2.36. The Morgan fingerprint density at radius 1 is 1.25 bits per heavy atom. The number of benzene rings is 2. The number of fused-ring (bicyclic) bond motifs is 1. The molecule has 0 fully saturated rings. The number of hydrogen-bond acceptors (Lipinski definition) is 3. The predicted octanol–water partition coefficient (Wildman–Crippen LogP) is 2.41. The standard InChI is InChI=1S/C13H11NO2/c1-16-12-7-6-9-4-2-3-5-10(9)13(12)11(15)8-14/h2-7,11,15H,1H3. The van der Waals surface area contributed by atoms with Crippen molar-refractivity contribution in [2.75, 3.05) is 7.11 Å². The Bertz CT molecular complexity index is 557. The van der Waals surface area contributed by atoms with Crippen LogP contribution in [-0.2, 0) is 0 Å². The van der Waals surface area contributed by atoms with Gasteiger partial charge in [0, 0.05) is 5.56 Å². The third-order valence-corrected chi connectivity index (χ3v) is 2.55. The zero-order chi connectivity index (χ0) is 11.5. The highest BCUT2D eigenvalue weighted by Gasteiger charge is 2.15. The van der Waals surface area contributed by atoms with Crippen molar-refractivity contribution in [2.24, 2.45) is 0 Å². The molecule has 0 saturated heterocycles. The van der Waals surface area contributed by atoms with Crippen LogP contribution in [0.1, 0.15) is 11.7 Å². The quantitative estimate of drug-likeness (QED) is 0.779. The van der Waals surface area contributed by atoms with E-state index in [2.05, 4.69) is 0 Å². The van der Waals surface area contributed by atoms with E-state index in [4.69, 9.17) is 10.00 Å². The van der Waals surface area contributed by atoms with Crippen molar-refractivity contribution in [1.82, 2.24) is 0 Å². The molecular formula is C13H11NO2. The summed E-state index contributed by atoms with van der Waals surface area (Å²) in [5.41, 5.74) is 0.531. The molecule has 16 heavy (non-hydrogen) atoms. The van der Waals surface area contributed by atoms with Crippen molar-refractivity contribution in [3.05, 3.63) is 42.0 Å². The highest BCUT2D eigenvalue weighted by Crippen LogP contribution is 2.32. The highest BCUT2D eigenvalue weighted by molar-refractivity contribution is 5.88. The molecule has 0 radical (unpaired) electrons. The minimum Gasteiger partial charge on any atom is -0.496 e. The van der Waals surface area contributed by atoms with Gasteiger partial charge in [-0.3, -0.25) is 0 Å². The fourth-order valence-corrected chi connectivity index (χ4v) is 1.80. The molecule has 80 valence electrons. The van der Waals surface area contributed by atoms with Crippen LogP contribution in [0.25, 0.3) is 10.8 Å². The second-order valence-electron chi connectivity index (χ2n) is 3.43. The molecule has 0 saturated carbocycles. The zero-order valence-corrected chi connectivity index (χ0v) is 8.84. The molecule has 0 heterocycles. The molecule has 0 aromatic heterocycles. The maximum absolute atomic E-state index is 9.70. The summed E-state index contributed by atoms with van der Waals surface area (Å²) in [6.45, 7) is 0. The molecule has 3 nitrogen and oxygen atoms in total. The van der Waals surface area contributed by atoms with Crippen LogP contribution in [0.2, 0.25) is 0 Å². The lowest BCUT2D eigenvalue weighted by Crippen LogP contribution is -1.99. The first-order chi connectivity index (χ1) is 7.77. The monoisotopic (exact) mass is 213 g/mol. The lowest BCUT2D eigenvalue weighted by molar-refractivity contribution is 0.231. The number of nitrogens with zero attached hydrogens (tertiary/aromatic N) is 1. The van der Waals surface area contributed by atoms with Gasteiger partial charge in [0.25, 0.3) is 0 Å². The van der Waals surface area contributed by atoms with Crippen LogP contribution in [-0.4, -0.2) is 12.2 Å². The van der Waals surface area contributed by atoms with Gasteiger partial charge in [-0.15, -0.1) is 0 Å². The lowest BCUT2D eigenvalue weighted by Gasteiger charge is -2.12. The van der Waals surface area contributed by atoms with Crippen LogP contribution in [0.3, 0.4) is 0 Å². The van der Waals surface area contributed by atoms with Crippen LogP contribution < -0.4 is 4.74 Å². The maximum Gasteiger partial charge on any atom is 0.170 e. The normalized spacial score (nSPS) is 12.1. The largest absolute Gasteiger partial charge is 0.496 e. The second kappa shape index (κ2) is 4.21. The van der Waals surface area contributed by atoms with Crippen LogP contribution >= 0.6 is 0 Å². The minimum atomic E-state index is -1.17. The van der Waals surface area contributed by atoms with Crippen molar-refractivity contribution in [1.29, 1.82) is 5.26 Å². The summed E-state index contributed by atoms with van der Waals surface area (Å²) in [4.78, 5) is 0. The van der Waals surface area contributed by atoms with E-state index in [1.807, 2.05) is 36.4 Å². The fourth-order valence-electron chi connectivity index (χ4n) is 1.80. The Hall–Kier alpha value is -2.05. The molecule has 2 rings (SSSR count). The summed E-state index contributed by atoms with van der Waals surface area (Å²) in [5, 5.41) is 20.3. The molecule has 0 spiro atoms. The first-order valence-corrected chi connectivity index (χ1v) is 4.91. The van der Waals surface area contributed by atoms with Crippen molar-refractivity contribution in [3.63, 3.8) is 0 Å². The zero-order valence-electron chi connectivity index (χ0n) is 8.84. The smallest absolute Gasteiger partial charge is 0.170 e. The highest BCUT2D eigenvalue weighted by atomic mass is 16.5. The third kappa shape index (κ3) is 1.60. The van der Waals surface area contributed by atoms with Crippen molar-refractivity contribution in [2.45, 2.75) is 6.10 Å². The van der Waals surface area contributed by atoms with Crippen LogP contribution in [0, 0.1) is 11.3 Å². The van der Waals surface area contributed by atoms with Gasteiger partial charge >= 0.3 is 0 Å². The summed E-state index contributed by atoms with van der Waals surface area (Å²) < 4.78 is 5.17. The molecule has 1 atom stereocenters. The topological polar surface area (TPSA) is 53.2 Å². The summed E-state index contributed by atoms with van der Waals surface area (Å²) in [6.07, 6.45) is -1.17. The summed E-state index contributed by atoms with van der Waals surface area (Å²) in [7, 11) is 1.53. The average molecular weight is 213 g/mol. The summed E-state index contributed by atoms with van der Waals surface area (Å²) in [5.74, 6) is 0.535. The van der Waals surface area contributed by atoms with Gasteiger partial charge in [-0.05, 0) is 16.8 Å². The van der Waals surface area contributed by atoms with Crippen LogP contribution in [0.5, 0.6) is 5.75 Å². The molecular weight excluding hydrogens is 202 g/mol. The SMILES string of the molecule is COc1ccc2ccccc2c1C(O)C#N. The van der Waals surface area contributed by atoms with Crippen molar-refractivity contribution in [3.8, 4) is 11.8 Å². The third-order valence-electron chi connectivity index (χ3n) is 2.55. The number of methoxy groups -OCH3 is 1. The van der Waals surface area contributed by atoms with E-state index in [0.717, 1.165) is 10.8 Å². The molecule has 1 unspecified atom stereocenters. The van der Waals surface area contributed by atoms with Gasteiger partial charge < -0.3 is 9.84 Å². The van der Waals surface area contributed by atoms with E-state index < -0.39 is 6.10 Å². The maximum atomic E-state index is 9.70. The molecule has 3 heteroatoms. The van der Waals surface area contributed by atoms with Crippen molar-refractivity contribution < 1.29 is 9.84 Å².